The Hall–Kier alpha value is -2.81. The van der Waals surface area contributed by atoms with Gasteiger partial charge in [-0.05, 0) is 30.3 Å². The summed E-state index contributed by atoms with van der Waals surface area (Å²) < 4.78 is 4.78. The summed E-state index contributed by atoms with van der Waals surface area (Å²) in [7, 11) is 0. The van der Waals surface area contributed by atoms with Crippen LogP contribution >= 0.6 is 22.9 Å². The number of hydrogen-bond acceptors (Lipinski definition) is 1. The Morgan fingerprint density at radius 1 is 0.630 bits per heavy atom. The summed E-state index contributed by atoms with van der Waals surface area (Å²) in [5.41, 5.74) is 3.65. The molecule has 0 saturated heterocycles. The lowest BCUT2D eigenvalue weighted by Crippen LogP contribution is -1.92. The minimum Gasteiger partial charge on any atom is -0.309 e. The van der Waals surface area contributed by atoms with E-state index in [2.05, 4.69) is 77.4 Å². The molecule has 0 saturated carbocycles. The first-order valence-corrected chi connectivity index (χ1v) is 10.1. The van der Waals surface area contributed by atoms with Crippen LogP contribution in [0.1, 0.15) is 0 Å². The number of aromatic nitrogens is 1. The average Bonchev–Trinajstić information content (AvgIpc) is 3.24. The lowest BCUT2D eigenvalue weighted by Gasteiger charge is -2.08. The van der Waals surface area contributed by atoms with Crippen molar-refractivity contribution < 1.29 is 0 Å². The van der Waals surface area contributed by atoms with Gasteiger partial charge in [-0.15, -0.1) is 11.3 Å². The molecule has 2 heterocycles. The minimum atomic E-state index is 0.826. The Morgan fingerprint density at radius 3 is 2.04 bits per heavy atom. The van der Waals surface area contributed by atoms with E-state index in [4.69, 9.17) is 11.6 Å². The molecule has 1 nitrogen and oxygen atoms in total. The molecule has 3 heteroatoms. The van der Waals surface area contributed by atoms with Gasteiger partial charge in [0, 0.05) is 31.9 Å². The van der Waals surface area contributed by atoms with Gasteiger partial charge in [-0.25, -0.2) is 0 Å². The lowest BCUT2D eigenvalue weighted by molar-refractivity contribution is 1.19. The Morgan fingerprint density at radius 2 is 1.30 bits per heavy atom. The molecule has 128 valence electrons. The van der Waals surface area contributed by atoms with E-state index in [1.165, 1.54) is 43.0 Å². The quantitative estimate of drug-likeness (QED) is 0.273. The fourth-order valence-corrected chi connectivity index (χ4v) is 5.52. The number of benzene rings is 4. The SMILES string of the molecule is Clc1cccc2c1sc1cc(-n3c4ccccc4c4ccccc43)ccc12. The van der Waals surface area contributed by atoms with Gasteiger partial charge in [-0.1, -0.05) is 66.2 Å². The van der Waals surface area contributed by atoms with Crippen molar-refractivity contribution in [3.8, 4) is 5.69 Å². The van der Waals surface area contributed by atoms with E-state index in [-0.39, 0.29) is 0 Å². The van der Waals surface area contributed by atoms with Gasteiger partial charge in [0.25, 0.3) is 0 Å². The largest absolute Gasteiger partial charge is 0.309 e. The Balaban J connectivity index is 1.72. The zero-order valence-electron chi connectivity index (χ0n) is 14.3. The highest BCUT2D eigenvalue weighted by Crippen LogP contribution is 2.40. The molecule has 0 N–H and O–H groups in total. The van der Waals surface area contributed by atoms with Crippen molar-refractivity contribution in [2.24, 2.45) is 0 Å². The average molecular weight is 384 g/mol. The molecule has 0 bridgehead atoms. The number of thiophene rings is 1. The predicted molar refractivity (Wildman–Crippen MR) is 119 cm³/mol. The summed E-state index contributed by atoms with van der Waals surface area (Å²) in [4.78, 5) is 0. The van der Waals surface area contributed by atoms with Crippen LogP contribution in [0.5, 0.6) is 0 Å². The van der Waals surface area contributed by atoms with E-state index in [0.717, 1.165) is 9.72 Å². The van der Waals surface area contributed by atoms with Gasteiger partial charge < -0.3 is 4.57 Å². The molecule has 0 unspecified atom stereocenters. The standard InChI is InChI=1S/C24H14ClNS/c25-20-9-5-8-19-18-13-12-15(14-23(18)27-24(19)20)26-21-10-3-1-6-16(21)17-7-2-4-11-22(17)26/h1-14H. The van der Waals surface area contributed by atoms with Crippen molar-refractivity contribution in [1.82, 2.24) is 4.57 Å². The maximum Gasteiger partial charge on any atom is 0.0584 e. The molecule has 0 fully saturated rings. The first-order valence-electron chi connectivity index (χ1n) is 8.90. The number of rotatable bonds is 1. The molecule has 0 radical (unpaired) electrons. The van der Waals surface area contributed by atoms with E-state index < -0.39 is 0 Å². The van der Waals surface area contributed by atoms with Crippen LogP contribution in [0.4, 0.5) is 0 Å². The van der Waals surface area contributed by atoms with Crippen LogP contribution in [0.3, 0.4) is 0 Å². The number of halogens is 1. The summed E-state index contributed by atoms with van der Waals surface area (Å²) in [5.74, 6) is 0. The van der Waals surface area contributed by atoms with Crippen LogP contribution in [0.2, 0.25) is 5.02 Å². The first kappa shape index (κ1) is 15.3. The molecule has 0 atom stereocenters. The molecular formula is C24H14ClNS. The second-order valence-electron chi connectivity index (χ2n) is 6.77. The van der Waals surface area contributed by atoms with Crippen molar-refractivity contribution in [2.75, 3.05) is 0 Å². The zero-order valence-corrected chi connectivity index (χ0v) is 15.9. The molecule has 27 heavy (non-hydrogen) atoms. The summed E-state index contributed by atoms with van der Waals surface area (Å²) in [6.45, 7) is 0. The van der Waals surface area contributed by atoms with Gasteiger partial charge in [0.2, 0.25) is 0 Å². The van der Waals surface area contributed by atoms with Crippen LogP contribution in [-0.2, 0) is 0 Å². The Bertz CT molecular complexity index is 1440. The fraction of sp³-hybridized carbons (Fsp3) is 0. The maximum absolute atomic E-state index is 6.43. The smallest absolute Gasteiger partial charge is 0.0584 e. The van der Waals surface area contributed by atoms with Gasteiger partial charge in [0.1, 0.15) is 0 Å². The molecule has 6 rings (SSSR count). The van der Waals surface area contributed by atoms with Gasteiger partial charge in [0.05, 0.1) is 20.8 Å². The Labute approximate surface area is 165 Å². The molecule has 0 spiro atoms. The highest BCUT2D eigenvalue weighted by Gasteiger charge is 2.13. The normalized spacial score (nSPS) is 11.9. The van der Waals surface area contributed by atoms with Crippen molar-refractivity contribution in [3.05, 3.63) is 90.0 Å². The summed E-state index contributed by atoms with van der Waals surface area (Å²) in [5, 5.41) is 5.89. The summed E-state index contributed by atoms with van der Waals surface area (Å²) in [6.07, 6.45) is 0. The lowest BCUT2D eigenvalue weighted by atomic mass is 10.1. The third-order valence-electron chi connectivity index (χ3n) is 5.27. The van der Waals surface area contributed by atoms with Crippen molar-refractivity contribution in [2.45, 2.75) is 0 Å². The monoisotopic (exact) mass is 383 g/mol. The predicted octanol–water partition coefficient (Wildman–Crippen LogP) is 7.81. The fourth-order valence-electron chi connectivity index (χ4n) is 4.09. The molecule has 2 aromatic heterocycles. The maximum atomic E-state index is 6.43. The van der Waals surface area contributed by atoms with Crippen LogP contribution in [-0.4, -0.2) is 4.57 Å². The molecule has 0 aliphatic rings. The number of hydrogen-bond donors (Lipinski definition) is 0. The van der Waals surface area contributed by atoms with E-state index in [9.17, 15) is 0 Å². The molecular weight excluding hydrogens is 370 g/mol. The van der Waals surface area contributed by atoms with Crippen molar-refractivity contribution in [1.29, 1.82) is 0 Å². The topological polar surface area (TPSA) is 4.93 Å². The van der Waals surface area contributed by atoms with E-state index in [0.29, 0.717) is 0 Å². The van der Waals surface area contributed by atoms with Gasteiger partial charge >= 0.3 is 0 Å². The second-order valence-corrected chi connectivity index (χ2v) is 8.23. The summed E-state index contributed by atoms with van der Waals surface area (Å²) in [6, 6.07) is 30.1. The third kappa shape index (κ3) is 2.11. The Kier molecular flexibility index (Phi) is 3.16. The van der Waals surface area contributed by atoms with Crippen LogP contribution in [0.25, 0.3) is 47.7 Å². The minimum absolute atomic E-state index is 0.826. The molecule has 6 aromatic rings. The van der Waals surface area contributed by atoms with E-state index in [1.807, 2.05) is 12.1 Å². The molecule has 4 aromatic carbocycles. The summed E-state index contributed by atoms with van der Waals surface area (Å²) >= 11 is 8.19. The second kappa shape index (κ2) is 5.59. The molecule has 0 amide bonds. The van der Waals surface area contributed by atoms with Crippen LogP contribution < -0.4 is 0 Å². The number of nitrogens with zero attached hydrogens (tertiary/aromatic N) is 1. The number of fused-ring (bicyclic) bond motifs is 6. The van der Waals surface area contributed by atoms with Crippen LogP contribution in [0.15, 0.2) is 84.9 Å². The first-order chi connectivity index (χ1) is 13.3. The highest BCUT2D eigenvalue weighted by molar-refractivity contribution is 7.26. The van der Waals surface area contributed by atoms with Gasteiger partial charge in [-0.2, -0.15) is 0 Å². The third-order valence-corrected chi connectivity index (χ3v) is 6.90. The highest BCUT2D eigenvalue weighted by atomic mass is 35.5. The van der Waals surface area contributed by atoms with Gasteiger partial charge in [0.15, 0.2) is 0 Å². The van der Waals surface area contributed by atoms with E-state index >= 15 is 0 Å². The van der Waals surface area contributed by atoms with Gasteiger partial charge in [-0.3, -0.25) is 0 Å². The van der Waals surface area contributed by atoms with Crippen molar-refractivity contribution >= 4 is 64.9 Å². The molecule has 0 aliphatic heterocycles. The zero-order chi connectivity index (χ0) is 18.0. The van der Waals surface area contributed by atoms with E-state index in [1.54, 1.807) is 11.3 Å². The molecule has 0 aliphatic carbocycles. The van der Waals surface area contributed by atoms with Crippen molar-refractivity contribution in [3.63, 3.8) is 0 Å². The van der Waals surface area contributed by atoms with Crippen LogP contribution in [0, 0.1) is 0 Å². The number of para-hydroxylation sites is 2.